The molecule has 0 fully saturated rings. The number of aryl methyl sites for hydroxylation is 1. The summed E-state index contributed by atoms with van der Waals surface area (Å²) in [7, 11) is 0. The van der Waals surface area contributed by atoms with Gasteiger partial charge in [-0.1, -0.05) is 23.4 Å². The van der Waals surface area contributed by atoms with Crippen LogP contribution in [-0.4, -0.2) is 33.5 Å². The average Bonchev–Trinajstić information content (AvgIpc) is 3.25. The zero-order chi connectivity index (χ0) is 22.3. The number of esters is 1. The second-order valence-electron chi connectivity index (χ2n) is 6.82. The van der Waals surface area contributed by atoms with Crippen molar-refractivity contribution in [2.75, 3.05) is 11.9 Å². The highest BCUT2D eigenvalue weighted by molar-refractivity contribution is 5.97. The van der Waals surface area contributed by atoms with E-state index in [1.165, 1.54) is 0 Å². The average molecular weight is 428 g/mol. The summed E-state index contributed by atoms with van der Waals surface area (Å²) in [6.45, 7) is 2.22. The van der Waals surface area contributed by atoms with Gasteiger partial charge < -0.3 is 10.1 Å². The van der Waals surface area contributed by atoms with Crippen LogP contribution in [0.15, 0.2) is 83.0 Å². The van der Waals surface area contributed by atoms with E-state index in [2.05, 4.69) is 25.9 Å². The molecule has 4 aromatic rings. The zero-order valence-corrected chi connectivity index (χ0v) is 17.3. The van der Waals surface area contributed by atoms with Crippen molar-refractivity contribution in [2.24, 2.45) is 10.2 Å². The number of azo groups is 1. The van der Waals surface area contributed by atoms with Crippen molar-refractivity contribution in [2.45, 2.75) is 13.5 Å². The van der Waals surface area contributed by atoms with Crippen molar-refractivity contribution in [3.8, 4) is 0 Å². The van der Waals surface area contributed by atoms with Crippen LogP contribution in [0.3, 0.4) is 0 Å². The maximum Gasteiger partial charge on any atom is 0.338 e. The number of anilines is 1. The summed E-state index contributed by atoms with van der Waals surface area (Å²) < 4.78 is 6.84. The van der Waals surface area contributed by atoms with Crippen LogP contribution >= 0.6 is 0 Å². The number of carbonyl (C=O) groups excluding carboxylic acids is 2. The second-order valence-corrected chi connectivity index (χ2v) is 6.82. The third-order valence-electron chi connectivity index (χ3n) is 4.57. The normalized spacial score (nSPS) is 11.0. The molecule has 0 saturated carbocycles. The molecular weight excluding hydrogens is 408 g/mol. The minimum absolute atomic E-state index is 0.307. The van der Waals surface area contributed by atoms with Crippen LogP contribution in [-0.2, 0) is 16.1 Å². The highest BCUT2D eigenvalue weighted by Gasteiger charge is 2.13. The molecule has 0 saturated heterocycles. The molecule has 1 aromatic heterocycles. The lowest BCUT2D eigenvalue weighted by Gasteiger charge is -2.07. The molecule has 0 atom stereocenters. The molecule has 32 heavy (non-hydrogen) atoms. The van der Waals surface area contributed by atoms with Gasteiger partial charge in [-0.2, -0.15) is 10.2 Å². The molecule has 0 spiro atoms. The summed E-state index contributed by atoms with van der Waals surface area (Å²) in [4.78, 5) is 24.4. The van der Waals surface area contributed by atoms with Crippen LogP contribution in [0, 0.1) is 0 Å². The quantitative estimate of drug-likeness (QED) is 0.340. The summed E-state index contributed by atoms with van der Waals surface area (Å²) >= 11 is 0. The van der Waals surface area contributed by atoms with Gasteiger partial charge in [0.05, 0.1) is 22.5 Å². The first kappa shape index (κ1) is 20.9. The minimum atomic E-state index is -0.607. The number of fused-ring (bicyclic) bond motifs is 1. The summed E-state index contributed by atoms with van der Waals surface area (Å²) in [5.41, 5.74) is 3.68. The van der Waals surface area contributed by atoms with E-state index in [0.29, 0.717) is 29.0 Å². The summed E-state index contributed by atoms with van der Waals surface area (Å²) in [5, 5.41) is 19.0. The highest BCUT2D eigenvalue weighted by atomic mass is 16.5. The first-order valence-corrected chi connectivity index (χ1v) is 9.99. The number of nitrogens with one attached hydrogen (secondary N) is 1. The Morgan fingerprint density at radius 3 is 2.41 bits per heavy atom. The van der Waals surface area contributed by atoms with Crippen molar-refractivity contribution in [1.82, 2.24) is 15.0 Å². The van der Waals surface area contributed by atoms with Crippen molar-refractivity contribution in [1.29, 1.82) is 0 Å². The van der Waals surface area contributed by atoms with E-state index in [0.717, 1.165) is 11.2 Å². The molecule has 3 aromatic carbocycles. The fourth-order valence-electron chi connectivity index (χ4n) is 2.97. The molecule has 0 aliphatic rings. The van der Waals surface area contributed by atoms with Gasteiger partial charge in [0.1, 0.15) is 5.52 Å². The molecule has 160 valence electrons. The number of carbonyl (C=O) groups is 2. The Bertz CT molecular complexity index is 1270. The van der Waals surface area contributed by atoms with E-state index in [-0.39, 0.29) is 0 Å². The van der Waals surface area contributed by atoms with E-state index in [9.17, 15) is 9.59 Å². The van der Waals surface area contributed by atoms with Gasteiger partial charge in [-0.3, -0.25) is 4.79 Å². The number of amides is 1. The first-order valence-electron chi connectivity index (χ1n) is 9.99. The van der Waals surface area contributed by atoms with Gasteiger partial charge in [0.2, 0.25) is 0 Å². The summed E-state index contributed by atoms with van der Waals surface area (Å²) in [5.74, 6) is -1.06. The Balaban J connectivity index is 1.30. The molecule has 4 rings (SSSR count). The molecule has 1 amide bonds. The van der Waals surface area contributed by atoms with Gasteiger partial charge in [0.25, 0.3) is 5.91 Å². The lowest BCUT2D eigenvalue weighted by Crippen LogP contribution is -2.20. The Hall–Kier alpha value is -4.40. The third kappa shape index (κ3) is 5.01. The van der Waals surface area contributed by atoms with E-state index in [1.54, 1.807) is 47.1 Å². The van der Waals surface area contributed by atoms with Gasteiger partial charge in [-0.25, -0.2) is 9.48 Å². The lowest BCUT2D eigenvalue weighted by atomic mass is 10.2. The molecule has 1 N–H and O–H groups in total. The van der Waals surface area contributed by atoms with Crippen LogP contribution in [0.25, 0.3) is 11.0 Å². The number of ether oxygens (including phenoxy) is 1. The zero-order valence-electron chi connectivity index (χ0n) is 17.3. The summed E-state index contributed by atoms with van der Waals surface area (Å²) in [6, 6.07) is 21.2. The number of rotatable bonds is 7. The van der Waals surface area contributed by atoms with Crippen molar-refractivity contribution < 1.29 is 14.3 Å². The maximum absolute atomic E-state index is 12.3. The van der Waals surface area contributed by atoms with Crippen LogP contribution in [0.4, 0.5) is 17.1 Å². The molecule has 0 radical (unpaired) electrons. The maximum atomic E-state index is 12.3. The van der Waals surface area contributed by atoms with Gasteiger partial charge >= 0.3 is 5.97 Å². The van der Waals surface area contributed by atoms with E-state index in [1.807, 2.05) is 37.3 Å². The molecule has 0 aliphatic heterocycles. The third-order valence-corrected chi connectivity index (χ3v) is 4.57. The molecular formula is C23H20N6O3. The summed E-state index contributed by atoms with van der Waals surface area (Å²) in [6.07, 6.45) is 0. The van der Waals surface area contributed by atoms with Gasteiger partial charge in [0.15, 0.2) is 6.61 Å². The Kier molecular flexibility index (Phi) is 6.26. The number of aromatic nitrogens is 3. The van der Waals surface area contributed by atoms with Gasteiger partial charge in [0, 0.05) is 12.2 Å². The SMILES string of the molecule is CCn1nnc2cc(C(=O)OCC(=O)Nc3ccc(N=Nc4ccccc4)cc3)ccc21. The molecule has 0 bridgehead atoms. The Morgan fingerprint density at radius 1 is 0.969 bits per heavy atom. The lowest BCUT2D eigenvalue weighted by molar-refractivity contribution is -0.119. The molecule has 1 heterocycles. The van der Waals surface area contributed by atoms with E-state index < -0.39 is 18.5 Å². The van der Waals surface area contributed by atoms with Crippen LogP contribution in [0.5, 0.6) is 0 Å². The van der Waals surface area contributed by atoms with Crippen LogP contribution < -0.4 is 5.32 Å². The number of benzene rings is 3. The topological polar surface area (TPSA) is 111 Å². The largest absolute Gasteiger partial charge is 0.452 e. The highest BCUT2D eigenvalue weighted by Crippen LogP contribution is 2.20. The number of nitrogens with zero attached hydrogens (tertiary/aromatic N) is 5. The molecule has 0 aliphatic carbocycles. The number of hydrogen-bond donors (Lipinski definition) is 1. The molecule has 9 nitrogen and oxygen atoms in total. The Labute approximate surface area is 183 Å². The van der Waals surface area contributed by atoms with Crippen LogP contribution in [0.1, 0.15) is 17.3 Å². The van der Waals surface area contributed by atoms with Crippen molar-refractivity contribution >= 4 is 40.0 Å². The molecule has 9 heteroatoms. The Morgan fingerprint density at radius 2 is 1.69 bits per heavy atom. The van der Waals surface area contributed by atoms with E-state index in [4.69, 9.17) is 4.74 Å². The minimum Gasteiger partial charge on any atom is -0.452 e. The van der Waals surface area contributed by atoms with Crippen LogP contribution in [0.2, 0.25) is 0 Å². The number of hydrogen-bond acceptors (Lipinski definition) is 7. The van der Waals surface area contributed by atoms with Crippen molar-refractivity contribution in [3.05, 3.63) is 78.4 Å². The first-order chi connectivity index (χ1) is 15.6. The predicted octanol–water partition coefficient (Wildman–Crippen LogP) is 4.66. The molecule has 0 unspecified atom stereocenters. The second kappa shape index (κ2) is 9.61. The van der Waals surface area contributed by atoms with Gasteiger partial charge in [-0.05, 0) is 61.5 Å². The fourth-order valence-corrected chi connectivity index (χ4v) is 2.97. The monoisotopic (exact) mass is 428 g/mol. The standard InChI is InChI=1S/C23H20N6O3/c1-2-29-21-13-8-16(14-20(21)27-28-29)23(31)32-15-22(30)24-17-9-11-19(12-10-17)26-25-18-6-4-3-5-7-18/h3-14H,2,15H2,1H3,(H,24,30). The van der Waals surface area contributed by atoms with E-state index >= 15 is 0 Å². The fraction of sp³-hybridized carbons (Fsp3) is 0.130. The smallest absolute Gasteiger partial charge is 0.338 e. The predicted molar refractivity (Wildman–Crippen MR) is 119 cm³/mol. The van der Waals surface area contributed by atoms with Crippen molar-refractivity contribution in [3.63, 3.8) is 0 Å². The van der Waals surface area contributed by atoms with Gasteiger partial charge in [-0.15, -0.1) is 5.10 Å².